The van der Waals surface area contributed by atoms with E-state index >= 15 is 0 Å². The first-order valence-corrected chi connectivity index (χ1v) is 7.26. The molecule has 2 aromatic heterocycles. The van der Waals surface area contributed by atoms with Gasteiger partial charge in [-0.05, 0) is 15.9 Å². The van der Waals surface area contributed by atoms with Crippen molar-refractivity contribution in [2.45, 2.75) is 12.0 Å². The molecule has 9 heteroatoms. The second-order valence-corrected chi connectivity index (χ2v) is 5.80. The zero-order valence-electron chi connectivity index (χ0n) is 11.7. The van der Waals surface area contributed by atoms with Gasteiger partial charge in [0.25, 0.3) is 5.91 Å². The van der Waals surface area contributed by atoms with Crippen molar-refractivity contribution >= 4 is 21.8 Å². The van der Waals surface area contributed by atoms with Gasteiger partial charge in [-0.2, -0.15) is 20.5 Å². The SMILES string of the molecule is CO[C@@H]1CN(C(=O)c2c(Br)cnn2C)C[C@H]1c1cn[nH]n1. The number of likely N-dealkylation sites (tertiary alicyclic amines) is 1. The Kier molecular flexibility index (Phi) is 3.77. The normalized spacial score (nSPS) is 22.0. The summed E-state index contributed by atoms with van der Waals surface area (Å²) in [7, 11) is 3.39. The van der Waals surface area contributed by atoms with E-state index in [4.69, 9.17) is 4.74 Å². The third kappa shape index (κ3) is 2.46. The number of nitrogens with one attached hydrogen (secondary N) is 1. The lowest BCUT2D eigenvalue weighted by molar-refractivity contribution is 0.0704. The van der Waals surface area contributed by atoms with Crippen LogP contribution in [0.2, 0.25) is 0 Å². The van der Waals surface area contributed by atoms with E-state index in [0.717, 1.165) is 5.69 Å². The molecular weight excluding hydrogens is 340 g/mol. The lowest BCUT2D eigenvalue weighted by Gasteiger charge is -2.16. The fraction of sp³-hybridized carbons (Fsp3) is 0.500. The van der Waals surface area contributed by atoms with E-state index in [1.807, 2.05) is 0 Å². The van der Waals surface area contributed by atoms with Crippen LogP contribution in [0.1, 0.15) is 22.1 Å². The Labute approximate surface area is 129 Å². The van der Waals surface area contributed by atoms with Crippen molar-refractivity contribution in [3.63, 3.8) is 0 Å². The Morgan fingerprint density at radius 1 is 1.48 bits per heavy atom. The predicted octanol–water partition coefficient (Wildman–Crippen LogP) is 0.555. The summed E-state index contributed by atoms with van der Waals surface area (Å²) in [4.78, 5) is 14.4. The number of aromatic amines is 1. The molecule has 2 aromatic rings. The Bertz CT molecular complexity index is 621. The first-order valence-electron chi connectivity index (χ1n) is 6.47. The van der Waals surface area contributed by atoms with Gasteiger partial charge in [-0.3, -0.25) is 9.48 Å². The Morgan fingerprint density at radius 3 is 2.86 bits per heavy atom. The van der Waals surface area contributed by atoms with Crippen LogP contribution in [-0.4, -0.2) is 62.3 Å². The highest BCUT2D eigenvalue weighted by Crippen LogP contribution is 2.29. The van der Waals surface area contributed by atoms with Gasteiger partial charge >= 0.3 is 0 Å². The number of carbonyl (C=O) groups is 1. The number of aryl methyl sites for hydroxylation is 1. The molecule has 0 saturated carbocycles. The van der Waals surface area contributed by atoms with E-state index in [9.17, 15) is 4.79 Å². The van der Waals surface area contributed by atoms with Crippen molar-refractivity contribution in [3.8, 4) is 0 Å². The monoisotopic (exact) mass is 354 g/mol. The summed E-state index contributed by atoms with van der Waals surface area (Å²) >= 11 is 3.36. The van der Waals surface area contributed by atoms with Gasteiger partial charge in [-0.1, -0.05) is 0 Å². The molecule has 0 bridgehead atoms. The molecule has 1 N–H and O–H groups in total. The van der Waals surface area contributed by atoms with Gasteiger partial charge in [0.2, 0.25) is 0 Å². The minimum Gasteiger partial charge on any atom is -0.379 e. The largest absolute Gasteiger partial charge is 0.379 e. The smallest absolute Gasteiger partial charge is 0.273 e. The van der Waals surface area contributed by atoms with Crippen molar-refractivity contribution in [2.75, 3.05) is 20.2 Å². The first-order chi connectivity index (χ1) is 10.1. The van der Waals surface area contributed by atoms with Gasteiger partial charge < -0.3 is 9.64 Å². The molecule has 0 unspecified atom stereocenters. The lowest BCUT2D eigenvalue weighted by Crippen LogP contribution is -2.31. The molecule has 1 amide bonds. The van der Waals surface area contributed by atoms with Gasteiger partial charge in [-0.25, -0.2) is 0 Å². The maximum absolute atomic E-state index is 12.7. The molecule has 1 fully saturated rings. The van der Waals surface area contributed by atoms with Crippen molar-refractivity contribution < 1.29 is 9.53 Å². The first kappa shape index (κ1) is 14.2. The molecule has 3 rings (SSSR count). The summed E-state index contributed by atoms with van der Waals surface area (Å²) in [5.74, 6) is -0.0559. The molecule has 0 aliphatic carbocycles. The minimum absolute atomic E-state index is 0.0182. The third-order valence-electron chi connectivity index (χ3n) is 3.77. The van der Waals surface area contributed by atoms with Crippen LogP contribution in [0.4, 0.5) is 0 Å². The molecule has 3 heterocycles. The van der Waals surface area contributed by atoms with Crippen molar-refractivity contribution in [1.29, 1.82) is 0 Å². The van der Waals surface area contributed by atoms with Gasteiger partial charge in [0.15, 0.2) is 0 Å². The minimum atomic E-state index is -0.0916. The number of nitrogens with zero attached hydrogens (tertiary/aromatic N) is 5. The standard InChI is InChI=1S/C12H15BrN6O2/c1-18-11(8(13)3-15-18)12(20)19-5-7(10(6-19)21-2)9-4-14-17-16-9/h3-4,7,10H,5-6H2,1-2H3,(H,14,16,17)/t7-,10+/m0/s1. The second kappa shape index (κ2) is 5.57. The number of amides is 1. The van der Waals surface area contributed by atoms with Crippen molar-refractivity contribution in [1.82, 2.24) is 30.1 Å². The van der Waals surface area contributed by atoms with Crippen LogP contribution in [0.3, 0.4) is 0 Å². The molecule has 1 saturated heterocycles. The molecule has 112 valence electrons. The van der Waals surface area contributed by atoms with Crippen LogP contribution in [0, 0.1) is 0 Å². The summed E-state index contributed by atoms with van der Waals surface area (Å²) in [6, 6.07) is 0. The lowest BCUT2D eigenvalue weighted by atomic mass is 10.0. The molecule has 2 atom stereocenters. The van der Waals surface area contributed by atoms with Crippen LogP contribution < -0.4 is 0 Å². The molecule has 21 heavy (non-hydrogen) atoms. The number of hydrogen-bond donors (Lipinski definition) is 1. The highest BCUT2D eigenvalue weighted by Gasteiger charge is 2.39. The number of hydrogen-bond acceptors (Lipinski definition) is 5. The molecule has 0 aromatic carbocycles. The number of rotatable bonds is 3. The highest BCUT2D eigenvalue weighted by molar-refractivity contribution is 9.10. The number of halogens is 1. The number of ether oxygens (including phenoxy) is 1. The topological polar surface area (TPSA) is 88.9 Å². The van der Waals surface area contributed by atoms with Crippen molar-refractivity contribution in [2.24, 2.45) is 7.05 Å². The summed E-state index contributed by atoms with van der Waals surface area (Å²) in [6.45, 7) is 1.06. The Hall–Kier alpha value is -1.74. The second-order valence-electron chi connectivity index (χ2n) is 4.95. The van der Waals surface area contributed by atoms with E-state index in [0.29, 0.717) is 23.3 Å². The van der Waals surface area contributed by atoms with Crippen LogP contribution in [0.5, 0.6) is 0 Å². The van der Waals surface area contributed by atoms with Crippen LogP contribution >= 0.6 is 15.9 Å². The average Bonchev–Trinajstić information content (AvgIpc) is 3.17. The average molecular weight is 355 g/mol. The summed E-state index contributed by atoms with van der Waals surface area (Å²) in [6.07, 6.45) is 3.20. The number of aromatic nitrogens is 5. The van der Waals surface area contributed by atoms with E-state index in [2.05, 4.69) is 36.4 Å². The van der Waals surface area contributed by atoms with E-state index in [1.54, 1.807) is 36.1 Å². The fourth-order valence-corrected chi connectivity index (χ4v) is 3.17. The summed E-state index contributed by atoms with van der Waals surface area (Å²) in [5.41, 5.74) is 1.34. The van der Waals surface area contributed by atoms with Gasteiger partial charge in [0.1, 0.15) is 5.69 Å². The molecule has 0 radical (unpaired) electrons. The maximum atomic E-state index is 12.7. The molecule has 1 aliphatic rings. The fourth-order valence-electron chi connectivity index (χ4n) is 2.65. The maximum Gasteiger partial charge on any atom is 0.273 e. The quantitative estimate of drug-likeness (QED) is 0.869. The van der Waals surface area contributed by atoms with Crippen LogP contribution in [0.25, 0.3) is 0 Å². The van der Waals surface area contributed by atoms with Gasteiger partial charge in [0.05, 0.1) is 34.6 Å². The Balaban J connectivity index is 1.83. The van der Waals surface area contributed by atoms with Gasteiger partial charge in [0, 0.05) is 27.2 Å². The summed E-state index contributed by atoms with van der Waals surface area (Å²) in [5, 5.41) is 14.6. The molecule has 8 nitrogen and oxygen atoms in total. The summed E-state index contributed by atoms with van der Waals surface area (Å²) < 4.78 is 7.75. The zero-order chi connectivity index (χ0) is 15.0. The highest BCUT2D eigenvalue weighted by atomic mass is 79.9. The zero-order valence-corrected chi connectivity index (χ0v) is 13.2. The molecule has 1 aliphatic heterocycles. The van der Waals surface area contributed by atoms with Crippen LogP contribution in [-0.2, 0) is 11.8 Å². The van der Waals surface area contributed by atoms with E-state index in [-0.39, 0.29) is 17.9 Å². The number of H-pyrrole nitrogens is 1. The van der Waals surface area contributed by atoms with Crippen molar-refractivity contribution in [3.05, 3.63) is 28.3 Å². The predicted molar refractivity (Wildman–Crippen MR) is 76.7 cm³/mol. The van der Waals surface area contributed by atoms with E-state index < -0.39 is 0 Å². The number of carbonyl (C=O) groups excluding carboxylic acids is 1. The Morgan fingerprint density at radius 2 is 2.29 bits per heavy atom. The molecule has 0 spiro atoms. The number of methoxy groups -OCH3 is 1. The van der Waals surface area contributed by atoms with Crippen LogP contribution in [0.15, 0.2) is 16.9 Å². The third-order valence-corrected chi connectivity index (χ3v) is 4.35. The van der Waals surface area contributed by atoms with Gasteiger partial charge in [-0.15, -0.1) is 0 Å². The molecular formula is C12H15BrN6O2. The van der Waals surface area contributed by atoms with E-state index in [1.165, 1.54) is 0 Å².